The zero-order valence-electron chi connectivity index (χ0n) is 13.6. The minimum absolute atomic E-state index is 0.299. The minimum atomic E-state index is -3.67. The summed E-state index contributed by atoms with van der Waals surface area (Å²) in [5, 5.41) is 3.90. The van der Waals surface area contributed by atoms with Crippen LogP contribution in [0.15, 0.2) is 76.3 Å². The van der Waals surface area contributed by atoms with E-state index in [9.17, 15) is 8.42 Å². The second-order valence-corrected chi connectivity index (χ2v) is 8.54. The molecule has 1 N–H and O–H groups in total. The van der Waals surface area contributed by atoms with Crippen LogP contribution in [0.25, 0.3) is 11.1 Å². The zero-order chi connectivity index (χ0) is 17.2. The van der Waals surface area contributed by atoms with Crippen LogP contribution in [0.2, 0.25) is 0 Å². The summed E-state index contributed by atoms with van der Waals surface area (Å²) in [6, 6.07) is 18.6. The van der Waals surface area contributed by atoms with Crippen molar-refractivity contribution in [1.29, 1.82) is 0 Å². The Morgan fingerprint density at radius 3 is 2.25 bits per heavy atom. The molecule has 0 bridgehead atoms. The zero-order valence-corrected chi connectivity index (χ0v) is 15.2. The Morgan fingerprint density at radius 2 is 1.58 bits per heavy atom. The molecule has 0 aliphatic rings. The fraction of sp³-hybridized carbons (Fsp3) is 0.158. The van der Waals surface area contributed by atoms with E-state index in [1.54, 1.807) is 23.5 Å². The van der Waals surface area contributed by atoms with Gasteiger partial charge in [0, 0.05) is 5.56 Å². The van der Waals surface area contributed by atoms with Gasteiger partial charge in [0.25, 0.3) is 0 Å². The van der Waals surface area contributed by atoms with Crippen molar-refractivity contribution >= 4 is 21.4 Å². The average Bonchev–Trinajstić information content (AvgIpc) is 3.09. The molecular formula is C19H19NO2S2. The molecule has 5 heteroatoms. The molecule has 1 aromatic heterocycles. The Morgan fingerprint density at radius 1 is 0.917 bits per heavy atom. The number of rotatable bonds is 5. The van der Waals surface area contributed by atoms with E-state index in [4.69, 9.17) is 0 Å². The van der Waals surface area contributed by atoms with E-state index in [0.717, 1.165) is 16.7 Å². The summed E-state index contributed by atoms with van der Waals surface area (Å²) in [5.41, 5.74) is 1.84. The molecule has 0 fully saturated rings. The molecule has 0 aliphatic heterocycles. The molecule has 3 rings (SSSR count). The summed E-state index contributed by atoms with van der Waals surface area (Å²) in [4.78, 5) is 0.299. The summed E-state index contributed by atoms with van der Waals surface area (Å²) in [6.45, 7) is 3.74. The van der Waals surface area contributed by atoms with Crippen molar-refractivity contribution in [3.8, 4) is 11.1 Å². The predicted molar refractivity (Wildman–Crippen MR) is 99.5 cm³/mol. The van der Waals surface area contributed by atoms with E-state index in [0.29, 0.717) is 4.90 Å². The van der Waals surface area contributed by atoms with Crippen molar-refractivity contribution in [3.05, 3.63) is 77.0 Å². The summed E-state index contributed by atoms with van der Waals surface area (Å²) in [5.74, 6) is 0. The third-order valence-electron chi connectivity index (χ3n) is 3.89. The maximum atomic E-state index is 13.0. The van der Waals surface area contributed by atoms with Gasteiger partial charge < -0.3 is 0 Å². The first-order chi connectivity index (χ1) is 11.4. The number of nitrogens with one attached hydrogen (secondary N) is 1. The molecule has 3 aromatic rings. The van der Waals surface area contributed by atoms with Gasteiger partial charge in [0.05, 0.1) is 10.4 Å². The van der Waals surface area contributed by atoms with Gasteiger partial charge >= 0.3 is 0 Å². The quantitative estimate of drug-likeness (QED) is 0.724. The Hall–Kier alpha value is -1.95. The second kappa shape index (κ2) is 6.51. The first-order valence-electron chi connectivity index (χ1n) is 7.61. The van der Waals surface area contributed by atoms with Crippen LogP contribution in [0.5, 0.6) is 0 Å². The molecule has 3 nitrogen and oxygen atoms in total. The number of sulfonamides is 1. The Kier molecular flexibility index (Phi) is 4.58. The molecule has 0 atom stereocenters. The Balaban J connectivity index is 2.01. The fourth-order valence-corrected chi connectivity index (χ4v) is 4.95. The fourth-order valence-electron chi connectivity index (χ4n) is 2.66. The molecule has 0 saturated carbocycles. The van der Waals surface area contributed by atoms with Crippen LogP contribution in [0, 0.1) is 0 Å². The van der Waals surface area contributed by atoms with Crippen LogP contribution >= 0.6 is 11.3 Å². The van der Waals surface area contributed by atoms with Crippen molar-refractivity contribution in [3.63, 3.8) is 0 Å². The molecule has 0 aliphatic carbocycles. The van der Waals surface area contributed by atoms with Gasteiger partial charge in [-0.3, -0.25) is 0 Å². The molecule has 0 radical (unpaired) electrons. The van der Waals surface area contributed by atoms with Crippen LogP contribution in [0.1, 0.15) is 19.4 Å². The molecule has 124 valence electrons. The van der Waals surface area contributed by atoms with Gasteiger partial charge in [0.1, 0.15) is 0 Å². The molecule has 1 heterocycles. The number of thiophene rings is 1. The van der Waals surface area contributed by atoms with E-state index in [1.807, 2.05) is 73.1 Å². The highest BCUT2D eigenvalue weighted by Crippen LogP contribution is 2.30. The maximum absolute atomic E-state index is 13.0. The monoisotopic (exact) mass is 357 g/mol. The smallest absolute Gasteiger partial charge is 0.207 e. The molecule has 0 spiro atoms. The maximum Gasteiger partial charge on any atom is 0.241 e. The predicted octanol–water partition coefficient (Wildman–Crippen LogP) is 4.63. The molecular weight excluding hydrogens is 338 g/mol. The Labute approximate surface area is 147 Å². The first-order valence-corrected chi connectivity index (χ1v) is 10.0. The highest BCUT2D eigenvalue weighted by molar-refractivity contribution is 7.89. The van der Waals surface area contributed by atoms with Crippen LogP contribution in [0.3, 0.4) is 0 Å². The highest BCUT2D eigenvalue weighted by Gasteiger charge is 2.29. The van der Waals surface area contributed by atoms with Gasteiger partial charge in [0.15, 0.2) is 0 Å². The van der Waals surface area contributed by atoms with Gasteiger partial charge in [-0.05, 0) is 47.9 Å². The van der Waals surface area contributed by atoms with Gasteiger partial charge in [0.2, 0.25) is 10.0 Å². The number of hydrogen-bond donors (Lipinski definition) is 1. The summed E-state index contributed by atoms with van der Waals surface area (Å²) in [6.07, 6.45) is 0. The lowest BCUT2D eigenvalue weighted by atomic mass is 9.96. The van der Waals surface area contributed by atoms with Crippen LogP contribution < -0.4 is 4.72 Å². The third kappa shape index (κ3) is 3.43. The van der Waals surface area contributed by atoms with Crippen molar-refractivity contribution < 1.29 is 8.42 Å². The highest BCUT2D eigenvalue weighted by atomic mass is 32.2. The normalized spacial score (nSPS) is 12.2. The summed E-state index contributed by atoms with van der Waals surface area (Å²) in [7, 11) is -3.67. The summed E-state index contributed by atoms with van der Waals surface area (Å²) < 4.78 is 28.9. The van der Waals surface area contributed by atoms with Crippen LogP contribution in [-0.4, -0.2) is 8.42 Å². The Bertz CT molecular complexity index is 915. The first kappa shape index (κ1) is 16.9. The van der Waals surface area contributed by atoms with Crippen molar-refractivity contribution in [1.82, 2.24) is 4.72 Å². The lowest BCUT2D eigenvalue weighted by Crippen LogP contribution is -2.41. The van der Waals surface area contributed by atoms with E-state index in [1.165, 1.54) is 0 Å². The van der Waals surface area contributed by atoms with Gasteiger partial charge in [-0.1, -0.05) is 48.5 Å². The third-order valence-corrected chi connectivity index (χ3v) is 6.29. The number of benzene rings is 2. The topological polar surface area (TPSA) is 46.2 Å². The average molecular weight is 358 g/mol. The number of hydrogen-bond acceptors (Lipinski definition) is 3. The van der Waals surface area contributed by atoms with Crippen molar-refractivity contribution in [2.75, 3.05) is 0 Å². The van der Waals surface area contributed by atoms with Crippen LogP contribution in [-0.2, 0) is 15.6 Å². The van der Waals surface area contributed by atoms with Gasteiger partial charge in [-0.2, -0.15) is 11.3 Å². The van der Waals surface area contributed by atoms with E-state index >= 15 is 0 Å². The van der Waals surface area contributed by atoms with E-state index in [2.05, 4.69) is 4.72 Å². The van der Waals surface area contributed by atoms with Crippen molar-refractivity contribution in [2.24, 2.45) is 0 Å². The second-order valence-electron chi connectivity index (χ2n) is 6.10. The molecule has 0 saturated heterocycles. The lowest BCUT2D eigenvalue weighted by Gasteiger charge is -2.27. The lowest BCUT2D eigenvalue weighted by molar-refractivity contribution is 0.472. The molecule has 0 unspecified atom stereocenters. The molecule has 24 heavy (non-hydrogen) atoms. The standard InChI is InChI=1S/C19H19NO2S2/c1-19(2,16-8-4-3-5-9-16)20-24(21,22)18-11-7-6-10-17(18)15-12-13-23-14-15/h3-14,20H,1-2H3. The van der Waals surface area contributed by atoms with Crippen molar-refractivity contribution in [2.45, 2.75) is 24.3 Å². The van der Waals surface area contributed by atoms with Gasteiger partial charge in [-0.25, -0.2) is 13.1 Å². The van der Waals surface area contributed by atoms with E-state index in [-0.39, 0.29) is 0 Å². The molecule has 2 aromatic carbocycles. The SMILES string of the molecule is CC(C)(NS(=O)(=O)c1ccccc1-c1ccsc1)c1ccccc1. The van der Waals surface area contributed by atoms with Gasteiger partial charge in [-0.15, -0.1) is 0 Å². The largest absolute Gasteiger partial charge is 0.241 e. The molecule has 0 amide bonds. The van der Waals surface area contributed by atoms with E-state index < -0.39 is 15.6 Å². The minimum Gasteiger partial charge on any atom is -0.207 e. The van der Waals surface area contributed by atoms with Crippen LogP contribution in [0.4, 0.5) is 0 Å². The summed E-state index contributed by atoms with van der Waals surface area (Å²) >= 11 is 1.55.